The molecule has 0 aromatic carbocycles. The maximum absolute atomic E-state index is 12.2. The number of carbonyl (C=O) groups is 1. The molecule has 7 heteroatoms. The van der Waals surface area contributed by atoms with E-state index in [1.54, 1.807) is 24.1 Å². The van der Waals surface area contributed by atoms with Crippen LogP contribution in [0.1, 0.15) is 33.6 Å². The van der Waals surface area contributed by atoms with E-state index in [-0.39, 0.29) is 12.1 Å². The highest BCUT2D eigenvalue weighted by Gasteiger charge is 2.27. The number of aromatic nitrogens is 1. The van der Waals surface area contributed by atoms with Crippen molar-refractivity contribution in [1.82, 2.24) is 9.88 Å². The molecule has 128 valence electrons. The molecule has 2 rings (SSSR count). The number of methoxy groups -OCH3 is 1. The number of carbonyl (C=O) groups excluding carboxylic acids is 1. The van der Waals surface area contributed by atoms with Crippen molar-refractivity contribution in [2.75, 3.05) is 31.2 Å². The molecule has 1 aromatic heterocycles. The third-order valence-electron chi connectivity index (χ3n) is 3.48. The highest BCUT2D eigenvalue weighted by Crippen LogP contribution is 2.22. The van der Waals surface area contributed by atoms with Crippen LogP contribution in [0.3, 0.4) is 0 Å². The van der Waals surface area contributed by atoms with Gasteiger partial charge in [0.15, 0.2) is 0 Å². The van der Waals surface area contributed by atoms with Gasteiger partial charge in [0, 0.05) is 31.3 Å². The summed E-state index contributed by atoms with van der Waals surface area (Å²) in [6.45, 7) is 6.89. The molecule has 0 saturated carbocycles. The molecule has 0 radical (unpaired) electrons. The lowest BCUT2D eigenvalue weighted by molar-refractivity contribution is 0.0206. The molecular formula is C16H26N4O3. The minimum atomic E-state index is -0.486. The molecule has 1 aliphatic heterocycles. The monoisotopic (exact) mass is 322 g/mol. The molecule has 1 amide bonds. The van der Waals surface area contributed by atoms with Gasteiger partial charge in [-0.3, -0.25) is 0 Å². The first-order chi connectivity index (χ1) is 10.8. The average molecular weight is 322 g/mol. The first kappa shape index (κ1) is 17.2. The molecule has 2 heterocycles. The van der Waals surface area contributed by atoms with Gasteiger partial charge in [0.25, 0.3) is 0 Å². The van der Waals surface area contributed by atoms with Crippen LogP contribution >= 0.6 is 0 Å². The second-order valence-corrected chi connectivity index (χ2v) is 6.73. The Morgan fingerprint density at radius 3 is 2.83 bits per heavy atom. The fourth-order valence-corrected chi connectivity index (χ4v) is 2.51. The van der Waals surface area contributed by atoms with E-state index in [0.29, 0.717) is 30.5 Å². The normalized spacial score (nSPS) is 18.4. The number of nitrogens with zero attached hydrogens (tertiary/aromatic N) is 2. The summed E-state index contributed by atoms with van der Waals surface area (Å²) in [6.07, 6.45) is 1.59. The lowest BCUT2D eigenvalue weighted by atomic mass is 10.1. The van der Waals surface area contributed by atoms with Crippen molar-refractivity contribution in [3.8, 4) is 5.75 Å². The zero-order valence-electron chi connectivity index (χ0n) is 14.3. The van der Waals surface area contributed by atoms with Crippen LogP contribution in [0.5, 0.6) is 5.75 Å². The Hall–Kier alpha value is -2.18. The van der Waals surface area contributed by atoms with Gasteiger partial charge in [0.1, 0.15) is 23.0 Å². The Bertz CT molecular complexity index is 557. The van der Waals surface area contributed by atoms with Gasteiger partial charge in [0.05, 0.1) is 7.11 Å². The Labute approximate surface area is 137 Å². The Kier molecular flexibility index (Phi) is 5.18. The number of rotatable bonds is 3. The number of amides is 1. The van der Waals surface area contributed by atoms with E-state index < -0.39 is 5.60 Å². The summed E-state index contributed by atoms with van der Waals surface area (Å²) in [5.41, 5.74) is 5.28. The van der Waals surface area contributed by atoms with Crippen molar-refractivity contribution in [2.24, 2.45) is 0 Å². The number of nitrogens with two attached hydrogens (primary N) is 1. The van der Waals surface area contributed by atoms with Crippen LogP contribution in [0, 0.1) is 0 Å². The van der Waals surface area contributed by atoms with Crippen LogP contribution in [-0.4, -0.2) is 47.8 Å². The van der Waals surface area contributed by atoms with E-state index >= 15 is 0 Å². The summed E-state index contributed by atoms with van der Waals surface area (Å²) in [4.78, 5) is 18.2. The Morgan fingerprint density at radius 2 is 2.17 bits per heavy atom. The molecule has 0 spiro atoms. The van der Waals surface area contributed by atoms with E-state index in [2.05, 4.69) is 10.3 Å². The second-order valence-electron chi connectivity index (χ2n) is 6.73. The number of ether oxygens (including phenoxy) is 2. The highest BCUT2D eigenvalue weighted by molar-refractivity contribution is 5.68. The lowest BCUT2D eigenvalue weighted by Gasteiger charge is -2.34. The number of likely N-dealkylation sites (tertiary alicyclic amines) is 1. The van der Waals surface area contributed by atoms with E-state index in [9.17, 15) is 4.79 Å². The van der Waals surface area contributed by atoms with Gasteiger partial charge in [-0.25, -0.2) is 9.78 Å². The fraction of sp³-hybridized carbons (Fsp3) is 0.625. The quantitative estimate of drug-likeness (QED) is 0.888. The largest absolute Gasteiger partial charge is 0.496 e. The van der Waals surface area contributed by atoms with Crippen LogP contribution in [-0.2, 0) is 4.74 Å². The number of nitrogens with one attached hydrogen (secondary N) is 1. The Morgan fingerprint density at radius 1 is 1.43 bits per heavy atom. The van der Waals surface area contributed by atoms with E-state index in [1.807, 2.05) is 20.8 Å². The van der Waals surface area contributed by atoms with Crippen LogP contribution in [0.4, 0.5) is 16.4 Å². The fourth-order valence-electron chi connectivity index (χ4n) is 2.51. The summed E-state index contributed by atoms with van der Waals surface area (Å²) in [6, 6.07) is 3.57. The summed E-state index contributed by atoms with van der Waals surface area (Å²) < 4.78 is 10.6. The maximum Gasteiger partial charge on any atom is 0.410 e. The molecule has 0 bridgehead atoms. The smallest absolute Gasteiger partial charge is 0.410 e. The summed E-state index contributed by atoms with van der Waals surface area (Å²) >= 11 is 0. The van der Waals surface area contributed by atoms with E-state index in [1.165, 1.54) is 0 Å². The first-order valence-electron chi connectivity index (χ1n) is 7.83. The predicted octanol–water partition coefficient (Wildman–Crippen LogP) is 2.48. The van der Waals surface area contributed by atoms with Crippen LogP contribution in [0.15, 0.2) is 12.1 Å². The third kappa shape index (κ3) is 5.19. The molecule has 0 aliphatic carbocycles. The van der Waals surface area contributed by atoms with Crippen LogP contribution in [0.2, 0.25) is 0 Å². The van der Waals surface area contributed by atoms with Gasteiger partial charge in [0.2, 0.25) is 0 Å². The minimum absolute atomic E-state index is 0.107. The first-order valence-corrected chi connectivity index (χ1v) is 7.83. The Balaban J connectivity index is 1.99. The lowest BCUT2D eigenvalue weighted by Crippen LogP contribution is -2.47. The number of hydrogen-bond acceptors (Lipinski definition) is 6. The van der Waals surface area contributed by atoms with Gasteiger partial charge < -0.3 is 25.4 Å². The van der Waals surface area contributed by atoms with Crippen molar-refractivity contribution in [1.29, 1.82) is 0 Å². The van der Waals surface area contributed by atoms with E-state index in [4.69, 9.17) is 15.2 Å². The van der Waals surface area contributed by atoms with Crippen LogP contribution < -0.4 is 15.8 Å². The molecule has 1 saturated heterocycles. The highest BCUT2D eigenvalue weighted by atomic mass is 16.6. The summed E-state index contributed by atoms with van der Waals surface area (Å²) in [7, 11) is 1.59. The standard InChI is InChI=1S/C16H26N4O3/c1-16(2,3)23-15(21)20-7-5-6-11(10-20)18-14-9-12(22-4)8-13(17)19-14/h8-9,11H,5-7,10H2,1-4H3,(H3,17,18,19)/t11-/m0/s1. The SMILES string of the molecule is COc1cc(N)nc(N[C@H]2CCCN(C(=O)OC(C)(C)C)C2)c1. The molecule has 7 nitrogen and oxygen atoms in total. The van der Waals surface area contributed by atoms with Crippen molar-refractivity contribution >= 4 is 17.7 Å². The number of nitrogen functional groups attached to an aromatic ring is 1. The molecule has 3 N–H and O–H groups in total. The summed E-state index contributed by atoms with van der Waals surface area (Å²) in [5, 5.41) is 3.32. The van der Waals surface area contributed by atoms with Gasteiger partial charge in [-0.15, -0.1) is 0 Å². The van der Waals surface area contributed by atoms with Crippen molar-refractivity contribution < 1.29 is 14.3 Å². The summed E-state index contributed by atoms with van der Waals surface area (Å²) in [5.74, 6) is 1.70. The number of pyridine rings is 1. The van der Waals surface area contributed by atoms with Crippen molar-refractivity contribution in [2.45, 2.75) is 45.3 Å². The van der Waals surface area contributed by atoms with Gasteiger partial charge in [-0.1, -0.05) is 0 Å². The maximum atomic E-state index is 12.2. The number of piperidine rings is 1. The topological polar surface area (TPSA) is 89.7 Å². The molecule has 1 fully saturated rings. The van der Waals surface area contributed by atoms with Gasteiger partial charge in [-0.05, 0) is 33.6 Å². The minimum Gasteiger partial charge on any atom is -0.496 e. The molecular weight excluding hydrogens is 296 g/mol. The molecule has 23 heavy (non-hydrogen) atoms. The molecule has 1 atom stereocenters. The number of anilines is 2. The van der Waals surface area contributed by atoms with E-state index in [0.717, 1.165) is 12.8 Å². The molecule has 1 aliphatic rings. The van der Waals surface area contributed by atoms with Crippen LogP contribution in [0.25, 0.3) is 0 Å². The van der Waals surface area contributed by atoms with Crippen molar-refractivity contribution in [3.63, 3.8) is 0 Å². The zero-order chi connectivity index (χ0) is 17.0. The average Bonchev–Trinajstić information content (AvgIpc) is 2.45. The van der Waals surface area contributed by atoms with Gasteiger partial charge in [-0.2, -0.15) is 0 Å². The van der Waals surface area contributed by atoms with Gasteiger partial charge >= 0.3 is 6.09 Å². The molecule has 0 unspecified atom stereocenters. The van der Waals surface area contributed by atoms with Crippen molar-refractivity contribution in [3.05, 3.63) is 12.1 Å². The second kappa shape index (κ2) is 6.93. The predicted molar refractivity (Wildman–Crippen MR) is 89.7 cm³/mol. The number of hydrogen-bond donors (Lipinski definition) is 2. The zero-order valence-corrected chi connectivity index (χ0v) is 14.3. The third-order valence-corrected chi connectivity index (χ3v) is 3.48. The molecule has 1 aromatic rings.